The first-order valence-corrected chi connectivity index (χ1v) is 12.2. The fourth-order valence-electron chi connectivity index (χ4n) is 5.61. The predicted octanol–water partition coefficient (Wildman–Crippen LogP) is 5.53. The van der Waals surface area contributed by atoms with Crippen molar-refractivity contribution in [1.82, 2.24) is 9.80 Å². The van der Waals surface area contributed by atoms with Crippen LogP contribution < -0.4 is 0 Å². The van der Waals surface area contributed by atoms with E-state index in [1.54, 1.807) is 11.1 Å². The molecule has 0 bridgehead atoms. The lowest BCUT2D eigenvalue weighted by molar-refractivity contribution is 0.108. The van der Waals surface area contributed by atoms with Crippen LogP contribution in [0, 0.1) is 11.8 Å². The zero-order valence-corrected chi connectivity index (χ0v) is 18.7. The van der Waals surface area contributed by atoms with Crippen LogP contribution in [0.15, 0.2) is 22.7 Å². The summed E-state index contributed by atoms with van der Waals surface area (Å²) in [4.78, 5) is 5.56. The molecule has 27 heavy (non-hydrogen) atoms. The average Bonchev–Trinajstić information content (AvgIpc) is 2.72. The van der Waals surface area contributed by atoms with Crippen molar-refractivity contribution < 1.29 is 0 Å². The highest BCUT2D eigenvalue weighted by atomic mass is 79.9. The number of hydrogen-bond acceptors (Lipinski definition) is 2. The van der Waals surface area contributed by atoms with Crippen LogP contribution in [0.2, 0.25) is 0 Å². The maximum atomic E-state index is 3.62. The minimum atomic E-state index is 0.785. The monoisotopic (exact) mass is 432 g/mol. The molecule has 1 aromatic rings. The Hall–Kier alpha value is -0.380. The molecule has 0 aromatic heterocycles. The summed E-state index contributed by atoms with van der Waals surface area (Å²) in [6.07, 6.45) is 12.4. The van der Waals surface area contributed by atoms with Gasteiger partial charge in [-0.05, 0) is 119 Å². The van der Waals surface area contributed by atoms with Crippen LogP contribution >= 0.6 is 15.9 Å². The molecule has 2 heterocycles. The van der Waals surface area contributed by atoms with E-state index in [-0.39, 0.29) is 0 Å². The molecule has 3 aliphatic rings. The smallest absolute Gasteiger partial charge is 0.0178 e. The van der Waals surface area contributed by atoms with Crippen LogP contribution in [-0.4, -0.2) is 48.6 Å². The largest absolute Gasteiger partial charge is 0.303 e. The molecule has 2 aliphatic heterocycles. The van der Waals surface area contributed by atoms with Gasteiger partial charge in [-0.15, -0.1) is 0 Å². The molecule has 1 atom stereocenters. The fraction of sp³-hybridized carbons (Fsp3) is 0.750. The number of hydrogen-bond donors (Lipinski definition) is 0. The number of nitrogens with zero attached hydrogens (tertiary/aromatic N) is 2. The van der Waals surface area contributed by atoms with Crippen molar-refractivity contribution in [3.8, 4) is 0 Å². The zero-order chi connectivity index (χ0) is 18.6. The molecule has 2 fully saturated rings. The summed E-state index contributed by atoms with van der Waals surface area (Å²) in [7, 11) is 0. The van der Waals surface area contributed by atoms with Crippen molar-refractivity contribution in [2.75, 3.05) is 32.7 Å². The minimum absolute atomic E-state index is 0.785. The maximum absolute atomic E-state index is 3.62. The number of piperidine rings is 2. The fourth-order valence-corrected chi connectivity index (χ4v) is 6.01. The normalized spacial score (nSPS) is 26.2. The molecule has 4 rings (SSSR count). The third-order valence-electron chi connectivity index (χ3n) is 7.67. The molecule has 0 saturated carbocycles. The van der Waals surface area contributed by atoms with Crippen molar-refractivity contribution in [3.63, 3.8) is 0 Å². The average molecular weight is 433 g/mol. The summed E-state index contributed by atoms with van der Waals surface area (Å²) in [6, 6.07) is 7.69. The van der Waals surface area contributed by atoms with Crippen molar-refractivity contribution in [3.05, 3.63) is 33.8 Å². The standard InChI is InChI=1S/C24H37BrN2/c1-2-19-7-12-26(13-8-19)14-9-20-10-15-27(16-11-20)24-6-4-21-17-23(25)5-3-22(21)18-24/h3,5,17,19-20,24H,2,4,6-16,18H2,1H3/t24-/m1/s1. The van der Waals surface area contributed by atoms with Crippen LogP contribution in [0.1, 0.15) is 63.0 Å². The van der Waals surface area contributed by atoms with Gasteiger partial charge < -0.3 is 9.80 Å². The minimum Gasteiger partial charge on any atom is -0.303 e. The van der Waals surface area contributed by atoms with Crippen LogP contribution in [0.25, 0.3) is 0 Å². The molecular formula is C24H37BrN2. The number of halogens is 1. The van der Waals surface area contributed by atoms with Gasteiger partial charge in [-0.2, -0.15) is 0 Å². The second-order valence-corrected chi connectivity index (χ2v) is 10.2. The van der Waals surface area contributed by atoms with Gasteiger partial charge in [0.1, 0.15) is 0 Å². The first-order valence-electron chi connectivity index (χ1n) is 11.4. The maximum Gasteiger partial charge on any atom is 0.0178 e. The van der Waals surface area contributed by atoms with Gasteiger partial charge in [0, 0.05) is 10.5 Å². The van der Waals surface area contributed by atoms with Crippen molar-refractivity contribution in [2.24, 2.45) is 11.8 Å². The molecule has 2 saturated heterocycles. The van der Waals surface area contributed by atoms with Crippen LogP contribution in [0.4, 0.5) is 0 Å². The summed E-state index contributed by atoms with van der Waals surface area (Å²) in [5, 5.41) is 0. The summed E-state index contributed by atoms with van der Waals surface area (Å²) < 4.78 is 1.24. The van der Waals surface area contributed by atoms with Gasteiger partial charge >= 0.3 is 0 Å². The highest BCUT2D eigenvalue weighted by molar-refractivity contribution is 9.10. The molecule has 0 amide bonds. The van der Waals surface area contributed by atoms with Gasteiger partial charge in [0.15, 0.2) is 0 Å². The van der Waals surface area contributed by atoms with E-state index in [4.69, 9.17) is 0 Å². The van der Waals surface area contributed by atoms with Gasteiger partial charge in [0.2, 0.25) is 0 Å². The SMILES string of the molecule is CCC1CCN(CCC2CCN([C@@H]3CCc4cc(Br)ccc4C3)CC2)CC1. The molecule has 3 heteroatoms. The number of benzene rings is 1. The second-order valence-electron chi connectivity index (χ2n) is 9.27. The number of aryl methyl sites for hydroxylation is 1. The number of rotatable bonds is 5. The predicted molar refractivity (Wildman–Crippen MR) is 118 cm³/mol. The Kier molecular flexibility index (Phi) is 6.94. The molecule has 0 radical (unpaired) electrons. The Bertz CT molecular complexity index is 600. The van der Waals surface area contributed by atoms with Gasteiger partial charge in [-0.1, -0.05) is 35.3 Å². The quantitative estimate of drug-likeness (QED) is 0.603. The van der Waals surface area contributed by atoms with Crippen LogP contribution in [-0.2, 0) is 12.8 Å². The Morgan fingerprint density at radius 2 is 1.67 bits per heavy atom. The second kappa shape index (κ2) is 9.41. The number of fused-ring (bicyclic) bond motifs is 1. The van der Waals surface area contributed by atoms with Gasteiger partial charge in [0.25, 0.3) is 0 Å². The first kappa shape index (κ1) is 19.9. The summed E-state index contributed by atoms with van der Waals surface area (Å²) in [5.41, 5.74) is 3.16. The summed E-state index contributed by atoms with van der Waals surface area (Å²) in [5.74, 6) is 1.98. The highest BCUT2D eigenvalue weighted by Gasteiger charge is 2.28. The highest BCUT2D eigenvalue weighted by Crippen LogP contribution is 2.30. The Balaban J connectivity index is 1.19. The third-order valence-corrected chi connectivity index (χ3v) is 8.17. The molecule has 0 unspecified atom stereocenters. The van der Waals surface area contributed by atoms with Crippen LogP contribution in [0.5, 0.6) is 0 Å². The van der Waals surface area contributed by atoms with E-state index < -0.39 is 0 Å². The van der Waals surface area contributed by atoms with Gasteiger partial charge in [-0.25, -0.2) is 0 Å². The topological polar surface area (TPSA) is 6.48 Å². The van der Waals surface area contributed by atoms with E-state index >= 15 is 0 Å². The molecule has 2 nitrogen and oxygen atoms in total. The lowest BCUT2D eigenvalue weighted by Gasteiger charge is -2.40. The van der Waals surface area contributed by atoms with Crippen LogP contribution in [0.3, 0.4) is 0 Å². The lowest BCUT2D eigenvalue weighted by Crippen LogP contribution is -2.44. The van der Waals surface area contributed by atoms with Gasteiger partial charge in [-0.3, -0.25) is 0 Å². The molecule has 1 aromatic carbocycles. The first-order chi connectivity index (χ1) is 13.2. The van der Waals surface area contributed by atoms with E-state index in [0.29, 0.717) is 0 Å². The molecule has 0 N–H and O–H groups in total. The van der Waals surface area contributed by atoms with Crippen molar-refractivity contribution in [1.29, 1.82) is 0 Å². The Morgan fingerprint density at radius 3 is 2.41 bits per heavy atom. The molecule has 1 aliphatic carbocycles. The Morgan fingerprint density at radius 1 is 0.926 bits per heavy atom. The van der Waals surface area contributed by atoms with E-state index in [1.807, 2.05) is 0 Å². The zero-order valence-electron chi connectivity index (χ0n) is 17.1. The molecular weight excluding hydrogens is 396 g/mol. The molecule has 150 valence electrons. The number of likely N-dealkylation sites (tertiary alicyclic amines) is 2. The summed E-state index contributed by atoms with van der Waals surface area (Å²) >= 11 is 3.62. The Labute approximate surface area is 174 Å². The van der Waals surface area contributed by atoms with E-state index in [0.717, 1.165) is 17.9 Å². The summed E-state index contributed by atoms with van der Waals surface area (Å²) in [6.45, 7) is 9.09. The molecule has 0 spiro atoms. The lowest BCUT2D eigenvalue weighted by atomic mass is 9.85. The third kappa shape index (κ3) is 5.16. The van der Waals surface area contributed by atoms with Crippen molar-refractivity contribution in [2.45, 2.75) is 70.8 Å². The van der Waals surface area contributed by atoms with E-state index in [2.05, 4.69) is 50.9 Å². The van der Waals surface area contributed by atoms with Crippen molar-refractivity contribution >= 4 is 15.9 Å². The van der Waals surface area contributed by atoms with Gasteiger partial charge in [0.05, 0.1) is 0 Å². The van der Waals surface area contributed by atoms with E-state index in [1.165, 1.54) is 95.0 Å². The van der Waals surface area contributed by atoms with E-state index in [9.17, 15) is 0 Å².